The first kappa shape index (κ1) is 33.1. The standard InChI is InChI=1S/C24H40N8O7/c25-10-2-1-4-17(22(37)32-19(23(38)39)12-14-6-8-15(34)9-7-14)31-21(36)18(5-3-11-29-24(27)28)30-20(35)16(26)13-33/h6-9,16-19,33-34H,1-5,10-13,25-26H2,(H,30,35)(H,31,36)(H,32,37)(H,38,39)(H4,27,28,29). The second kappa shape index (κ2) is 17.5. The molecule has 3 amide bonds. The van der Waals surface area contributed by atoms with E-state index in [0.29, 0.717) is 31.4 Å². The van der Waals surface area contributed by atoms with Crippen LogP contribution in [0.1, 0.15) is 37.7 Å². The second-order valence-electron chi connectivity index (χ2n) is 8.91. The SMILES string of the molecule is NCCCCC(NC(=O)C(CCCN=C(N)N)NC(=O)C(N)CO)C(=O)NC(Cc1ccc(O)cc1)C(=O)O. The highest BCUT2D eigenvalue weighted by molar-refractivity contribution is 5.94. The van der Waals surface area contributed by atoms with Gasteiger partial charge in [-0.2, -0.15) is 0 Å². The van der Waals surface area contributed by atoms with E-state index < -0.39 is 54.5 Å². The van der Waals surface area contributed by atoms with E-state index in [1.165, 1.54) is 24.3 Å². The molecule has 0 aliphatic heterocycles. The maximum Gasteiger partial charge on any atom is 0.326 e. The third-order valence-corrected chi connectivity index (χ3v) is 5.68. The fraction of sp³-hybridized carbons (Fsp3) is 0.542. The molecule has 4 unspecified atom stereocenters. The molecule has 0 aliphatic rings. The lowest BCUT2D eigenvalue weighted by Gasteiger charge is -2.25. The van der Waals surface area contributed by atoms with E-state index >= 15 is 0 Å². The average Bonchev–Trinajstić information content (AvgIpc) is 2.89. The van der Waals surface area contributed by atoms with Crippen molar-refractivity contribution in [3.8, 4) is 5.75 Å². The molecule has 0 spiro atoms. The van der Waals surface area contributed by atoms with Gasteiger partial charge < -0.3 is 54.2 Å². The molecule has 39 heavy (non-hydrogen) atoms. The summed E-state index contributed by atoms with van der Waals surface area (Å²) in [6, 6.07) is 1.02. The number of aliphatic hydroxyl groups is 1. The number of phenols is 1. The summed E-state index contributed by atoms with van der Waals surface area (Å²) in [4.78, 5) is 54.2. The van der Waals surface area contributed by atoms with Crippen LogP contribution in [-0.2, 0) is 25.6 Å². The number of nitrogens with one attached hydrogen (secondary N) is 3. The molecular weight excluding hydrogens is 512 g/mol. The molecule has 0 radical (unpaired) electrons. The molecule has 15 nitrogen and oxygen atoms in total. The molecule has 218 valence electrons. The van der Waals surface area contributed by atoms with Gasteiger partial charge in [-0.3, -0.25) is 19.4 Å². The van der Waals surface area contributed by atoms with Crippen molar-refractivity contribution >= 4 is 29.7 Å². The lowest BCUT2D eigenvalue weighted by atomic mass is 10.0. The van der Waals surface area contributed by atoms with Crippen LogP contribution in [0.4, 0.5) is 0 Å². The minimum atomic E-state index is -1.31. The van der Waals surface area contributed by atoms with Gasteiger partial charge in [0.15, 0.2) is 5.96 Å². The van der Waals surface area contributed by atoms with Gasteiger partial charge in [-0.1, -0.05) is 12.1 Å². The van der Waals surface area contributed by atoms with Crippen molar-refractivity contribution in [3.63, 3.8) is 0 Å². The van der Waals surface area contributed by atoms with Gasteiger partial charge in [-0.05, 0) is 56.3 Å². The lowest BCUT2D eigenvalue weighted by Crippen LogP contribution is -2.57. The zero-order chi connectivity index (χ0) is 29.4. The summed E-state index contributed by atoms with van der Waals surface area (Å²) >= 11 is 0. The van der Waals surface area contributed by atoms with Crippen molar-refractivity contribution in [2.24, 2.45) is 27.9 Å². The fourth-order valence-corrected chi connectivity index (χ4v) is 3.51. The van der Waals surface area contributed by atoms with Gasteiger partial charge >= 0.3 is 5.97 Å². The predicted octanol–water partition coefficient (Wildman–Crippen LogP) is -3.02. The van der Waals surface area contributed by atoms with Crippen LogP contribution in [0.2, 0.25) is 0 Å². The van der Waals surface area contributed by atoms with Gasteiger partial charge in [0.2, 0.25) is 17.7 Å². The number of carboxylic acids is 1. The molecule has 0 aliphatic carbocycles. The van der Waals surface area contributed by atoms with Gasteiger partial charge in [0.05, 0.1) is 6.61 Å². The number of aromatic hydroxyl groups is 1. The van der Waals surface area contributed by atoms with Crippen LogP contribution in [0.5, 0.6) is 5.75 Å². The number of hydrogen-bond acceptors (Lipinski definition) is 9. The van der Waals surface area contributed by atoms with Gasteiger partial charge in [0.25, 0.3) is 0 Å². The van der Waals surface area contributed by atoms with Crippen LogP contribution < -0.4 is 38.9 Å². The van der Waals surface area contributed by atoms with Gasteiger partial charge in [0, 0.05) is 13.0 Å². The molecule has 0 saturated carbocycles. The molecule has 0 heterocycles. The van der Waals surface area contributed by atoms with E-state index in [1.54, 1.807) is 0 Å². The van der Waals surface area contributed by atoms with E-state index in [0.717, 1.165) is 0 Å². The third-order valence-electron chi connectivity index (χ3n) is 5.68. The smallest absolute Gasteiger partial charge is 0.326 e. The Hall–Kier alpha value is -3.95. The van der Waals surface area contributed by atoms with E-state index in [9.17, 15) is 29.4 Å². The number of unbranched alkanes of at least 4 members (excludes halogenated alkanes) is 1. The summed E-state index contributed by atoms with van der Waals surface area (Å²) in [7, 11) is 0. The Labute approximate surface area is 226 Å². The number of hydrogen-bond donors (Lipinski definition) is 10. The number of aliphatic hydroxyl groups excluding tert-OH is 1. The Balaban J connectivity index is 3.04. The first-order valence-corrected chi connectivity index (χ1v) is 12.5. The predicted molar refractivity (Wildman–Crippen MR) is 143 cm³/mol. The Morgan fingerprint density at radius 1 is 0.846 bits per heavy atom. The summed E-state index contributed by atoms with van der Waals surface area (Å²) in [6.45, 7) is -0.120. The van der Waals surface area contributed by atoms with Gasteiger partial charge in [-0.15, -0.1) is 0 Å². The maximum atomic E-state index is 13.1. The molecule has 1 aromatic rings. The quantitative estimate of drug-likeness (QED) is 0.0496. The van der Waals surface area contributed by atoms with E-state index in [-0.39, 0.29) is 37.5 Å². The monoisotopic (exact) mass is 552 g/mol. The molecule has 15 heteroatoms. The number of carboxylic acid groups (broad SMARTS) is 1. The topological polar surface area (TPSA) is 282 Å². The van der Waals surface area contributed by atoms with Crippen molar-refractivity contribution < 1.29 is 34.5 Å². The Kier molecular flexibility index (Phi) is 14.9. The molecular formula is C24H40N8O7. The number of rotatable bonds is 18. The Morgan fingerprint density at radius 3 is 1.90 bits per heavy atom. The van der Waals surface area contributed by atoms with E-state index in [4.69, 9.17) is 28.0 Å². The molecule has 1 aromatic carbocycles. The number of nitrogens with two attached hydrogens (primary N) is 4. The van der Waals surface area contributed by atoms with E-state index in [2.05, 4.69) is 20.9 Å². The molecule has 4 atom stereocenters. The molecule has 0 aromatic heterocycles. The first-order chi connectivity index (χ1) is 18.5. The number of carbonyl (C=O) groups excluding carboxylic acids is 3. The minimum absolute atomic E-state index is 0.0113. The van der Waals surface area contributed by atoms with Crippen LogP contribution >= 0.6 is 0 Å². The summed E-state index contributed by atoms with van der Waals surface area (Å²) < 4.78 is 0. The molecule has 14 N–H and O–H groups in total. The van der Waals surface area contributed by atoms with Gasteiger partial charge in [-0.25, -0.2) is 4.79 Å². The van der Waals surface area contributed by atoms with Crippen LogP contribution in [0.25, 0.3) is 0 Å². The summed E-state index contributed by atoms with van der Waals surface area (Å²) in [5, 5.41) is 35.8. The number of aliphatic imine (C=N–C) groups is 1. The van der Waals surface area contributed by atoms with Crippen molar-refractivity contribution in [1.82, 2.24) is 16.0 Å². The number of guanidine groups is 1. The number of benzene rings is 1. The number of aliphatic carboxylic acids is 1. The highest BCUT2D eigenvalue weighted by Gasteiger charge is 2.30. The van der Waals surface area contributed by atoms with Crippen molar-refractivity contribution in [2.45, 2.75) is 62.7 Å². The highest BCUT2D eigenvalue weighted by Crippen LogP contribution is 2.12. The molecule has 0 fully saturated rings. The largest absolute Gasteiger partial charge is 0.508 e. The number of amides is 3. The summed E-state index contributed by atoms with van der Waals surface area (Å²) in [6.07, 6.45) is 1.49. The lowest BCUT2D eigenvalue weighted by molar-refractivity contribution is -0.142. The zero-order valence-electron chi connectivity index (χ0n) is 21.7. The second-order valence-corrected chi connectivity index (χ2v) is 8.91. The van der Waals surface area contributed by atoms with Gasteiger partial charge in [0.1, 0.15) is 29.9 Å². The Bertz CT molecular complexity index is 970. The fourth-order valence-electron chi connectivity index (χ4n) is 3.51. The van der Waals surface area contributed by atoms with Crippen LogP contribution in [0.3, 0.4) is 0 Å². The maximum absolute atomic E-state index is 13.1. The molecule has 0 bridgehead atoms. The van der Waals surface area contributed by atoms with Crippen molar-refractivity contribution in [2.75, 3.05) is 19.7 Å². The minimum Gasteiger partial charge on any atom is -0.508 e. The van der Waals surface area contributed by atoms with Crippen LogP contribution in [0, 0.1) is 0 Å². The Morgan fingerprint density at radius 2 is 1.38 bits per heavy atom. The summed E-state index contributed by atoms with van der Waals surface area (Å²) in [5.74, 6) is -3.63. The summed E-state index contributed by atoms with van der Waals surface area (Å²) in [5.41, 5.74) is 22.3. The number of phenolic OH excluding ortho intramolecular Hbond substituents is 1. The molecule has 0 saturated heterocycles. The highest BCUT2D eigenvalue weighted by atomic mass is 16.4. The zero-order valence-corrected chi connectivity index (χ0v) is 21.7. The van der Waals surface area contributed by atoms with Crippen LogP contribution in [0.15, 0.2) is 29.3 Å². The van der Waals surface area contributed by atoms with Crippen LogP contribution in [-0.4, -0.2) is 88.8 Å². The third kappa shape index (κ3) is 12.9. The normalized spacial score (nSPS) is 13.8. The average molecular weight is 553 g/mol. The first-order valence-electron chi connectivity index (χ1n) is 12.5. The van der Waals surface area contributed by atoms with Crippen molar-refractivity contribution in [1.29, 1.82) is 0 Å². The number of nitrogens with zero attached hydrogens (tertiary/aromatic N) is 1. The van der Waals surface area contributed by atoms with Crippen molar-refractivity contribution in [3.05, 3.63) is 29.8 Å². The molecule has 1 rings (SSSR count). The number of carbonyl (C=O) groups is 4. The van der Waals surface area contributed by atoms with E-state index in [1.807, 2.05) is 0 Å².